The average molecular weight is 311 g/mol. The van der Waals surface area contributed by atoms with Crippen molar-refractivity contribution in [2.24, 2.45) is 0 Å². The molecule has 1 aliphatic heterocycles. The maximum absolute atomic E-state index is 13.8. The van der Waals surface area contributed by atoms with Crippen molar-refractivity contribution in [3.05, 3.63) is 69.0 Å². The molecule has 23 heavy (non-hydrogen) atoms. The second-order valence-electron chi connectivity index (χ2n) is 4.68. The number of carbonyl (C=O) groups is 2. The summed E-state index contributed by atoms with van der Waals surface area (Å²) in [7, 11) is 0. The molecule has 0 spiro atoms. The van der Waals surface area contributed by atoms with E-state index >= 15 is 0 Å². The number of amides is 2. The molecule has 3 rings (SSSR count). The summed E-state index contributed by atoms with van der Waals surface area (Å²) in [6.45, 7) is 0. The minimum Gasteiger partial charge on any atom is -0.268 e. The summed E-state index contributed by atoms with van der Waals surface area (Å²) in [5.41, 5.74) is -1.58. The predicted octanol–water partition coefficient (Wildman–Crippen LogP) is 2.41. The lowest BCUT2D eigenvalue weighted by Crippen LogP contribution is -2.30. The Balaban J connectivity index is 2.23. The third-order valence-electron chi connectivity index (χ3n) is 3.42. The molecule has 1 aliphatic rings. The number of imide groups is 1. The summed E-state index contributed by atoms with van der Waals surface area (Å²) >= 11 is 0. The molecule has 0 fully saturated rings. The Kier molecular flexibility index (Phi) is 3.11. The van der Waals surface area contributed by atoms with Crippen LogP contribution in [0.3, 0.4) is 0 Å². The molecule has 0 bridgehead atoms. The third kappa shape index (κ3) is 2.03. The lowest BCUT2D eigenvalue weighted by atomic mass is 10.1. The van der Waals surface area contributed by atoms with Gasteiger partial charge in [0, 0.05) is 12.1 Å². The minimum atomic E-state index is -1.05. The van der Waals surface area contributed by atoms with Gasteiger partial charge in [-0.3, -0.25) is 19.7 Å². The summed E-state index contributed by atoms with van der Waals surface area (Å²) in [6.07, 6.45) is 0. The zero-order valence-corrected chi connectivity index (χ0v) is 11.3. The van der Waals surface area contributed by atoms with Crippen LogP contribution in [-0.2, 0) is 0 Å². The average Bonchev–Trinajstić information content (AvgIpc) is 2.79. The van der Waals surface area contributed by atoms with Crippen molar-refractivity contribution >= 4 is 23.2 Å². The highest BCUT2D eigenvalue weighted by atomic mass is 19.1. The van der Waals surface area contributed by atoms with E-state index in [0.717, 1.165) is 0 Å². The van der Waals surface area contributed by atoms with E-state index in [1.165, 1.54) is 18.2 Å². The Hall–Kier alpha value is -3.60. The number of carbonyl (C=O) groups excluding carboxylic acids is 2. The number of nitrogens with zero attached hydrogens (tertiary/aromatic N) is 3. The van der Waals surface area contributed by atoms with Crippen LogP contribution in [0.5, 0.6) is 0 Å². The van der Waals surface area contributed by atoms with Gasteiger partial charge in [0.2, 0.25) is 0 Å². The highest BCUT2D eigenvalue weighted by Gasteiger charge is 2.40. The first-order chi connectivity index (χ1) is 11.0. The number of hydrogen-bond donors (Lipinski definition) is 0. The SMILES string of the molecule is N#Cc1cc([N+](=O)[O-])c(N2C(=O)c3ccccc3C2=O)cc1F. The van der Waals surface area contributed by atoms with Crippen molar-refractivity contribution in [3.8, 4) is 6.07 Å². The number of anilines is 1. The lowest BCUT2D eigenvalue weighted by molar-refractivity contribution is -0.384. The first-order valence-electron chi connectivity index (χ1n) is 6.31. The number of nitro benzene ring substituents is 1. The topological polar surface area (TPSA) is 104 Å². The van der Waals surface area contributed by atoms with Gasteiger partial charge in [0.05, 0.1) is 21.6 Å². The number of nitro groups is 1. The molecule has 0 saturated heterocycles. The molecule has 0 radical (unpaired) electrons. The summed E-state index contributed by atoms with van der Waals surface area (Å²) < 4.78 is 13.8. The quantitative estimate of drug-likeness (QED) is 0.481. The van der Waals surface area contributed by atoms with Crippen LogP contribution in [0.4, 0.5) is 15.8 Å². The van der Waals surface area contributed by atoms with Gasteiger partial charge in [-0.25, -0.2) is 9.29 Å². The molecular weight excluding hydrogens is 305 g/mol. The second-order valence-corrected chi connectivity index (χ2v) is 4.68. The van der Waals surface area contributed by atoms with Gasteiger partial charge in [0.1, 0.15) is 17.6 Å². The number of benzene rings is 2. The fourth-order valence-electron chi connectivity index (χ4n) is 2.37. The van der Waals surface area contributed by atoms with E-state index in [9.17, 15) is 24.1 Å². The Morgan fingerprint density at radius 2 is 1.70 bits per heavy atom. The normalized spacial score (nSPS) is 13.0. The third-order valence-corrected chi connectivity index (χ3v) is 3.42. The maximum atomic E-state index is 13.8. The highest BCUT2D eigenvalue weighted by molar-refractivity contribution is 6.35. The molecule has 8 heteroatoms. The molecule has 0 aromatic heterocycles. The van der Waals surface area contributed by atoms with Gasteiger partial charge in [0.15, 0.2) is 0 Å². The molecular formula is C15H6FN3O4. The van der Waals surface area contributed by atoms with Gasteiger partial charge in [-0.05, 0) is 12.1 Å². The van der Waals surface area contributed by atoms with Crippen molar-refractivity contribution in [1.82, 2.24) is 0 Å². The number of hydrogen-bond acceptors (Lipinski definition) is 5. The van der Waals surface area contributed by atoms with Crippen LogP contribution in [0.25, 0.3) is 0 Å². The van der Waals surface area contributed by atoms with E-state index in [4.69, 9.17) is 5.26 Å². The van der Waals surface area contributed by atoms with E-state index in [2.05, 4.69) is 0 Å². The van der Waals surface area contributed by atoms with Gasteiger partial charge < -0.3 is 0 Å². The van der Waals surface area contributed by atoms with Crippen LogP contribution in [0.1, 0.15) is 26.3 Å². The zero-order chi connectivity index (χ0) is 16.7. The number of rotatable bonds is 2. The fraction of sp³-hybridized carbons (Fsp3) is 0. The largest absolute Gasteiger partial charge is 0.294 e. The summed E-state index contributed by atoms with van der Waals surface area (Å²) in [4.78, 5) is 35.5. The molecule has 0 unspecified atom stereocenters. The number of fused-ring (bicyclic) bond motifs is 1. The first kappa shape index (κ1) is 14.3. The summed E-state index contributed by atoms with van der Waals surface area (Å²) in [6, 6.07) is 8.73. The van der Waals surface area contributed by atoms with Crippen LogP contribution in [0.2, 0.25) is 0 Å². The summed E-state index contributed by atoms with van der Waals surface area (Å²) in [5.74, 6) is -2.61. The molecule has 2 aromatic rings. The van der Waals surface area contributed by atoms with Gasteiger partial charge >= 0.3 is 0 Å². The van der Waals surface area contributed by atoms with E-state index in [0.29, 0.717) is 17.0 Å². The van der Waals surface area contributed by atoms with Crippen LogP contribution in [0, 0.1) is 27.3 Å². The van der Waals surface area contributed by atoms with Gasteiger partial charge in [-0.1, -0.05) is 12.1 Å². The maximum Gasteiger partial charge on any atom is 0.294 e. The fourth-order valence-corrected chi connectivity index (χ4v) is 2.37. The molecule has 2 amide bonds. The second kappa shape index (κ2) is 4.99. The Morgan fingerprint density at radius 3 is 2.17 bits per heavy atom. The number of halogens is 1. The molecule has 2 aromatic carbocycles. The van der Waals surface area contributed by atoms with Crippen LogP contribution >= 0.6 is 0 Å². The van der Waals surface area contributed by atoms with Crippen molar-refractivity contribution in [2.75, 3.05) is 4.90 Å². The monoisotopic (exact) mass is 311 g/mol. The van der Waals surface area contributed by atoms with Crippen molar-refractivity contribution < 1.29 is 18.9 Å². The van der Waals surface area contributed by atoms with Crippen molar-refractivity contribution in [2.45, 2.75) is 0 Å². The van der Waals surface area contributed by atoms with Gasteiger partial charge in [0.25, 0.3) is 17.5 Å². The van der Waals surface area contributed by atoms with Gasteiger partial charge in [-0.15, -0.1) is 0 Å². The molecule has 1 heterocycles. The van der Waals surface area contributed by atoms with Gasteiger partial charge in [-0.2, -0.15) is 5.26 Å². The Labute approximate surface area is 128 Å². The zero-order valence-electron chi connectivity index (χ0n) is 11.3. The van der Waals surface area contributed by atoms with Crippen LogP contribution < -0.4 is 4.90 Å². The lowest BCUT2D eigenvalue weighted by Gasteiger charge is -2.14. The Morgan fingerprint density at radius 1 is 1.13 bits per heavy atom. The highest BCUT2D eigenvalue weighted by Crippen LogP contribution is 2.36. The van der Waals surface area contributed by atoms with Crippen LogP contribution in [0.15, 0.2) is 36.4 Å². The van der Waals surface area contributed by atoms with Crippen molar-refractivity contribution in [3.63, 3.8) is 0 Å². The molecule has 112 valence electrons. The standard InChI is InChI=1S/C15H6FN3O4/c16-11-6-12(13(19(22)23)5-8(11)7-17)18-14(20)9-3-1-2-4-10(9)15(18)21/h1-6H. The predicted molar refractivity (Wildman–Crippen MR) is 75.4 cm³/mol. The molecule has 0 aliphatic carbocycles. The molecule has 0 N–H and O–H groups in total. The summed E-state index contributed by atoms with van der Waals surface area (Å²) in [5, 5.41) is 19.9. The minimum absolute atomic E-state index is 0.0802. The Bertz CT molecular complexity index is 898. The van der Waals surface area contributed by atoms with Crippen molar-refractivity contribution in [1.29, 1.82) is 5.26 Å². The van der Waals surface area contributed by atoms with E-state index < -0.39 is 39.5 Å². The smallest absolute Gasteiger partial charge is 0.268 e. The van der Waals surface area contributed by atoms with E-state index in [1.807, 2.05) is 0 Å². The molecule has 0 saturated carbocycles. The first-order valence-corrected chi connectivity index (χ1v) is 6.31. The van der Waals surface area contributed by atoms with Crippen LogP contribution in [-0.4, -0.2) is 16.7 Å². The van der Waals surface area contributed by atoms with E-state index in [1.54, 1.807) is 12.1 Å². The number of nitriles is 1. The molecule has 0 atom stereocenters. The van der Waals surface area contributed by atoms with E-state index in [-0.39, 0.29) is 11.1 Å². The molecule has 7 nitrogen and oxygen atoms in total.